The molecule has 0 amide bonds. The van der Waals surface area contributed by atoms with E-state index < -0.39 is 0 Å². The van der Waals surface area contributed by atoms with Crippen molar-refractivity contribution in [1.82, 2.24) is 19.7 Å². The molecule has 0 saturated heterocycles. The zero-order valence-electron chi connectivity index (χ0n) is 10.2. The fraction of sp³-hybridized carbons (Fsp3) is 0.333. The molecule has 5 nitrogen and oxygen atoms in total. The molecule has 2 aromatic heterocycles. The SMILES string of the molecule is CC=Nc1cccc(-c2nncn2C(C)C)n1. The van der Waals surface area contributed by atoms with Gasteiger partial charge in [0.25, 0.3) is 0 Å². The van der Waals surface area contributed by atoms with Gasteiger partial charge in [-0.15, -0.1) is 10.2 Å². The van der Waals surface area contributed by atoms with Crippen molar-refractivity contribution < 1.29 is 0 Å². The smallest absolute Gasteiger partial charge is 0.182 e. The highest BCUT2D eigenvalue weighted by molar-refractivity contribution is 5.60. The maximum Gasteiger partial charge on any atom is 0.182 e. The molecular weight excluding hydrogens is 214 g/mol. The molecule has 0 aliphatic heterocycles. The lowest BCUT2D eigenvalue weighted by Gasteiger charge is -2.09. The van der Waals surface area contributed by atoms with Crippen LogP contribution >= 0.6 is 0 Å². The van der Waals surface area contributed by atoms with Crippen molar-refractivity contribution >= 4 is 12.0 Å². The predicted molar refractivity (Wildman–Crippen MR) is 67.5 cm³/mol. The molecule has 0 radical (unpaired) electrons. The van der Waals surface area contributed by atoms with Gasteiger partial charge in [0.05, 0.1) is 0 Å². The largest absolute Gasteiger partial charge is 0.310 e. The molecule has 0 aromatic carbocycles. The van der Waals surface area contributed by atoms with Gasteiger partial charge in [-0.05, 0) is 32.9 Å². The van der Waals surface area contributed by atoms with E-state index in [0.717, 1.165) is 11.5 Å². The number of nitrogens with zero attached hydrogens (tertiary/aromatic N) is 5. The first kappa shape index (κ1) is 11.4. The van der Waals surface area contributed by atoms with E-state index in [1.54, 1.807) is 12.5 Å². The molecule has 0 fully saturated rings. The van der Waals surface area contributed by atoms with Gasteiger partial charge in [-0.3, -0.25) is 0 Å². The molecule has 17 heavy (non-hydrogen) atoms. The summed E-state index contributed by atoms with van der Waals surface area (Å²) in [5.41, 5.74) is 0.791. The molecule has 0 N–H and O–H groups in total. The van der Waals surface area contributed by atoms with Gasteiger partial charge in [0.1, 0.15) is 12.0 Å². The summed E-state index contributed by atoms with van der Waals surface area (Å²) in [5.74, 6) is 1.46. The Balaban J connectivity index is 2.45. The average Bonchev–Trinajstić information content (AvgIpc) is 2.79. The zero-order chi connectivity index (χ0) is 12.3. The third kappa shape index (κ3) is 2.38. The number of hydrogen-bond acceptors (Lipinski definition) is 4. The van der Waals surface area contributed by atoms with Gasteiger partial charge in [0.2, 0.25) is 0 Å². The summed E-state index contributed by atoms with van der Waals surface area (Å²) in [6.45, 7) is 6.03. The van der Waals surface area contributed by atoms with E-state index >= 15 is 0 Å². The quantitative estimate of drug-likeness (QED) is 0.760. The van der Waals surface area contributed by atoms with Crippen molar-refractivity contribution in [3.63, 3.8) is 0 Å². The molecule has 0 spiro atoms. The molecular formula is C12H15N5. The van der Waals surface area contributed by atoms with Gasteiger partial charge < -0.3 is 4.57 Å². The number of rotatable bonds is 3. The summed E-state index contributed by atoms with van der Waals surface area (Å²) < 4.78 is 1.99. The summed E-state index contributed by atoms with van der Waals surface area (Å²) in [4.78, 5) is 8.58. The van der Waals surface area contributed by atoms with E-state index in [1.165, 1.54) is 0 Å². The Bertz CT molecular complexity index is 527. The number of aliphatic imine (C=N–C) groups is 1. The second-order valence-electron chi connectivity index (χ2n) is 3.92. The Hall–Kier alpha value is -2.04. The Morgan fingerprint density at radius 2 is 2.18 bits per heavy atom. The highest BCUT2D eigenvalue weighted by atomic mass is 15.3. The van der Waals surface area contributed by atoms with E-state index in [1.807, 2.05) is 29.7 Å². The molecule has 2 aromatic rings. The zero-order valence-corrected chi connectivity index (χ0v) is 10.2. The second-order valence-corrected chi connectivity index (χ2v) is 3.92. The number of aromatic nitrogens is 4. The molecule has 88 valence electrons. The van der Waals surface area contributed by atoms with Crippen LogP contribution in [0, 0.1) is 0 Å². The van der Waals surface area contributed by atoms with Crippen LogP contribution in [0.2, 0.25) is 0 Å². The fourth-order valence-corrected chi connectivity index (χ4v) is 1.56. The average molecular weight is 229 g/mol. The third-order valence-electron chi connectivity index (χ3n) is 2.35. The van der Waals surface area contributed by atoms with Crippen LogP contribution in [0.1, 0.15) is 26.8 Å². The van der Waals surface area contributed by atoms with E-state index in [9.17, 15) is 0 Å². The van der Waals surface area contributed by atoms with Crippen molar-refractivity contribution in [1.29, 1.82) is 0 Å². The summed E-state index contributed by atoms with van der Waals surface area (Å²) in [6, 6.07) is 6.00. The first-order valence-corrected chi connectivity index (χ1v) is 5.58. The van der Waals surface area contributed by atoms with Crippen LogP contribution in [0.25, 0.3) is 11.5 Å². The van der Waals surface area contributed by atoms with Crippen LogP contribution < -0.4 is 0 Å². The van der Waals surface area contributed by atoms with Gasteiger partial charge >= 0.3 is 0 Å². The highest BCUT2D eigenvalue weighted by Gasteiger charge is 2.10. The Labute approximate surface area is 100 Å². The van der Waals surface area contributed by atoms with Crippen LogP contribution in [0.4, 0.5) is 5.82 Å². The monoisotopic (exact) mass is 229 g/mol. The highest BCUT2D eigenvalue weighted by Crippen LogP contribution is 2.20. The maximum atomic E-state index is 4.43. The van der Waals surface area contributed by atoms with Crippen molar-refractivity contribution in [2.75, 3.05) is 0 Å². The normalized spacial score (nSPS) is 11.5. The fourth-order valence-electron chi connectivity index (χ4n) is 1.56. The van der Waals surface area contributed by atoms with Crippen molar-refractivity contribution in [3.05, 3.63) is 24.5 Å². The van der Waals surface area contributed by atoms with Crippen molar-refractivity contribution in [3.8, 4) is 11.5 Å². The Morgan fingerprint density at radius 3 is 2.88 bits per heavy atom. The van der Waals surface area contributed by atoms with Crippen LogP contribution in [-0.2, 0) is 0 Å². The standard InChI is InChI=1S/C12H15N5/c1-4-13-11-7-5-6-10(15-11)12-16-14-8-17(12)9(2)3/h4-9H,1-3H3. The van der Waals surface area contributed by atoms with Gasteiger partial charge in [0.15, 0.2) is 11.6 Å². The maximum absolute atomic E-state index is 4.43. The summed E-state index contributed by atoms with van der Waals surface area (Å²) in [6.07, 6.45) is 3.44. The Morgan fingerprint density at radius 1 is 1.35 bits per heavy atom. The number of pyridine rings is 1. The van der Waals surface area contributed by atoms with E-state index in [4.69, 9.17) is 0 Å². The summed E-state index contributed by atoms with van der Waals surface area (Å²) in [7, 11) is 0. The topological polar surface area (TPSA) is 56.0 Å². The molecule has 0 unspecified atom stereocenters. The summed E-state index contributed by atoms with van der Waals surface area (Å²) in [5, 5.41) is 8.04. The predicted octanol–water partition coefficient (Wildman–Crippen LogP) is 2.64. The lowest BCUT2D eigenvalue weighted by Crippen LogP contribution is -2.02. The van der Waals surface area contributed by atoms with Gasteiger partial charge in [-0.25, -0.2) is 9.98 Å². The molecule has 0 bridgehead atoms. The van der Waals surface area contributed by atoms with Crippen LogP contribution in [-0.4, -0.2) is 26.0 Å². The minimum absolute atomic E-state index is 0.306. The molecule has 0 aliphatic rings. The van der Waals surface area contributed by atoms with Crippen LogP contribution in [0.5, 0.6) is 0 Å². The Kier molecular flexibility index (Phi) is 3.27. The molecule has 5 heteroatoms. The van der Waals surface area contributed by atoms with Gasteiger partial charge in [-0.1, -0.05) is 6.07 Å². The molecule has 2 rings (SSSR count). The molecule has 0 saturated carbocycles. The van der Waals surface area contributed by atoms with Gasteiger partial charge in [0, 0.05) is 12.3 Å². The molecule has 0 aliphatic carbocycles. The third-order valence-corrected chi connectivity index (χ3v) is 2.35. The van der Waals surface area contributed by atoms with E-state index in [2.05, 4.69) is 34.0 Å². The molecule has 2 heterocycles. The van der Waals surface area contributed by atoms with Crippen molar-refractivity contribution in [2.24, 2.45) is 4.99 Å². The lowest BCUT2D eigenvalue weighted by molar-refractivity contribution is 0.603. The molecule has 0 atom stereocenters. The number of hydrogen-bond donors (Lipinski definition) is 0. The van der Waals surface area contributed by atoms with Crippen molar-refractivity contribution in [2.45, 2.75) is 26.8 Å². The second kappa shape index (κ2) is 4.86. The van der Waals surface area contributed by atoms with Crippen LogP contribution in [0.3, 0.4) is 0 Å². The minimum Gasteiger partial charge on any atom is -0.310 e. The summed E-state index contributed by atoms with van der Waals surface area (Å²) >= 11 is 0. The lowest BCUT2D eigenvalue weighted by atomic mass is 10.3. The van der Waals surface area contributed by atoms with Gasteiger partial charge in [-0.2, -0.15) is 0 Å². The van der Waals surface area contributed by atoms with E-state index in [0.29, 0.717) is 11.9 Å². The first-order valence-electron chi connectivity index (χ1n) is 5.58. The van der Waals surface area contributed by atoms with Crippen LogP contribution in [0.15, 0.2) is 29.5 Å². The van der Waals surface area contributed by atoms with E-state index in [-0.39, 0.29) is 0 Å². The minimum atomic E-state index is 0.306. The first-order chi connectivity index (χ1) is 8.22.